The number of hydrogen-bond acceptors (Lipinski definition) is 6. The quantitative estimate of drug-likeness (QED) is 0.325. The van der Waals surface area contributed by atoms with Crippen molar-refractivity contribution in [2.24, 2.45) is 0 Å². The minimum Gasteiger partial charge on any atom is -0.465 e. The van der Waals surface area contributed by atoms with E-state index in [1.165, 1.54) is 43.5 Å². The summed E-state index contributed by atoms with van der Waals surface area (Å²) in [5.41, 5.74) is 6.08. The first-order valence-electron chi connectivity index (χ1n) is 8.84. The van der Waals surface area contributed by atoms with Crippen LogP contribution in [0, 0.1) is 0 Å². The highest BCUT2D eigenvalue weighted by atomic mass is 32.1. The first-order chi connectivity index (χ1) is 14.3. The van der Waals surface area contributed by atoms with Gasteiger partial charge in [0.25, 0.3) is 11.8 Å². The van der Waals surface area contributed by atoms with Crippen LogP contribution in [-0.2, 0) is 9.53 Å². The van der Waals surface area contributed by atoms with Gasteiger partial charge in [0.2, 0.25) is 5.91 Å². The Kier molecular flexibility index (Phi) is 8.00. The molecular formula is C20H20N4O5S. The molecule has 2 rings (SSSR count). The maximum atomic E-state index is 12.2. The van der Waals surface area contributed by atoms with Crippen molar-refractivity contribution in [3.05, 3.63) is 65.2 Å². The second-order valence-corrected chi connectivity index (χ2v) is 6.32. The zero-order chi connectivity index (χ0) is 22.1. The van der Waals surface area contributed by atoms with Gasteiger partial charge in [0.15, 0.2) is 5.11 Å². The molecule has 0 saturated heterocycles. The molecule has 0 unspecified atom stereocenters. The van der Waals surface area contributed by atoms with Crippen LogP contribution in [-0.4, -0.2) is 35.9 Å². The van der Waals surface area contributed by atoms with E-state index >= 15 is 0 Å². The minimum atomic E-state index is -0.571. The summed E-state index contributed by atoms with van der Waals surface area (Å²) < 4.78 is 4.61. The fourth-order valence-electron chi connectivity index (χ4n) is 2.25. The van der Waals surface area contributed by atoms with E-state index in [0.29, 0.717) is 17.7 Å². The number of nitrogens with one attached hydrogen (secondary N) is 4. The Morgan fingerprint density at radius 3 is 2.20 bits per heavy atom. The Morgan fingerprint density at radius 2 is 1.57 bits per heavy atom. The lowest BCUT2D eigenvalue weighted by molar-refractivity contribution is -0.115. The van der Waals surface area contributed by atoms with Gasteiger partial charge in [-0.05, 0) is 54.7 Å². The van der Waals surface area contributed by atoms with Crippen LogP contribution in [0.25, 0.3) is 0 Å². The number of hydrogen-bond donors (Lipinski definition) is 4. The van der Waals surface area contributed by atoms with Crippen molar-refractivity contribution in [3.8, 4) is 0 Å². The van der Waals surface area contributed by atoms with Crippen LogP contribution in [0.1, 0.15) is 44.4 Å². The highest BCUT2D eigenvalue weighted by molar-refractivity contribution is 7.80. The first kappa shape index (κ1) is 22.5. The molecule has 0 heterocycles. The molecule has 30 heavy (non-hydrogen) atoms. The number of carbonyl (C=O) groups excluding carboxylic acids is 4. The van der Waals surface area contributed by atoms with Gasteiger partial charge < -0.3 is 10.1 Å². The molecular weight excluding hydrogens is 408 g/mol. The Hall–Kier alpha value is -3.79. The molecule has 4 N–H and O–H groups in total. The number of rotatable bonds is 5. The third-order valence-corrected chi connectivity index (χ3v) is 4.02. The second-order valence-electron chi connectivity index (χ2n) is 5.91. The van der Waals surface area contributed by atoms with E-state index in [4.69, 9.17) is 12.2 Å². The number of benzene rings is 2. The van der Waals surface area contributed by atoms with Crippen molar-refractivity contribution in [2.75, 3.05) is 12.4 Å². The molecule has 2 aromatic carbocycles. The number of ether oxygens (including phenoxy) is 1. The highest BCUT2D eigenvalue weighted by Crippen LogP contribution is 2.10. The van der Waals surface area contributed by atoms with Crippen molar-refractivity contribution in [3.63, 3.8) is 0 Å². The third kappa shape index (κ3) is 6.38. The Labute approximate surface area is 178 Å². The molecule has 2 aromatic rings. The van der Waals surface area contributed by atoms with Gasteiger partial charge in [-0.2, -0.15) is 0 Å². The lowest BCUT2D eigenvalue weighted by atomic mass is 10.1. The van der Waals surface area contributed by atoms with E-state index < -0.39 is 17.8 Å². The van der Waals surface area contributed by atoms with Crippen LogP contribution < -0.4 is 21.5 Å². The van der Waals surface area contributed by atoms with Crippen molar-refractivity contribution in [1.29, 1.82) is 0 Å². The van der Waals surface area contributed by atoms with E-state index in [9.17, 15) is 19.2 Å². The third-order valence-electron chi connectivity index (χ3n) is 3.81. The van der Waals surface area contributed by atoms with Crippen LogP contribution in [0.15, 0.2) is 48.5 Å². The number of methoxy groups -OCH3 is 1. The Bertz CT molecular complexity index is 975. The summed E-state index contributed by atoms with van der Waals surface area (Å²) in [7, 11) is 1.24. The lowest BCUT2D eigenvalue weighted by Gasteiger charge is -2.11. The maximum absolute atomic E-state index is 12.2. The molecule has 9 nitrogen and oxygen atoms in total. The minimum absolute atomic E-state index is 0.132. The summed E-state index contributed by atoms with van der Waals surface area (Å²) in [5.74, 6) is -1.76. The van der Waals surface area contributed by atoms with Gasteiger partial charge in [-0.25, -0.2) is 4.79 Å². The van der Waals surface area contributed by atoms with Gasteiger partial charge in [0, 0.05) is 23.2 Å². The average Bonchev–Trinajstić information content (AvgIpc) is 2.77. The van der Waals surface area contributed by atoms with Crippen molar-refractivity contribution < 1.29 is 23.9 Å². The number of hydrazine groups is 1. The van der Waals surface area contributed by atoms with Gasteiger partial charge in [0.1, 0.15) is 0 Å². The van der Waals surface area contributed by atoms with Gasteiger partial charge in [-0.3, -0.25) is 30.6 Å². The summed E-state index contributed by atoms with van der Waals surface area (Å²) in [6.45, 7) is 1.74. The monoisotopic (exact) mass is 428 g/mol. The Morgan fingerprint density at radius 1 is 0.900 bits per heavy atom. The molecule has 0 bridgehead atoms. The molecule has 3 amide bonds. The van der Waals surface area contributed by atoms with Gasteiger partial charge >= 0.3 is 5.97 Å². The fourth-order valence-corrected chi connectivity index (χ4v) is 2.40. The Balaban J connectivity index is 1.88. The van der Waals surface area contributed by atoms with Crippen molar-refractivity contribution >= 4 is 46.7 Å². The SMILES string of the molecule is CCC(=O)Nc1ccc(C(=O)NNC(=S)NC(=O)c2cccc(C(=O)OC)c2)cc1. The van der Waals surface area contributed by atoms with Crippen LogP contribution in [0.4, 0.5) is 5.69 Å². The maximum Gasteiger partial charge on any atom is 0.337 e. The topological polar surface area (TPSA) is 126 Å². The molecule has 0 aromatic heterocycles. The first-order valence-corrected chi connectivity index (χ1v) is 9.24. The molecule has 156 valence electrons. The van der Waals surface area contributed by atoms with E-state index in [-0.39, 0.29) is 22.1 Å². The summed E-state index contributed by atoms with van der Waals surface area (Å²) in [6, 6.07) is 12.2. The average molecular weight is 428 g/mol. The summed E-state index contributed by atoms with van der Waals surface area (Å²) in [6.07, 6.45) is 0.350. The normalized spacial score (nSPS) is 9.80. The van der Waals surface area contributed by atoms with Crippen LogP contribution in [0.3, 0.4) is 0 Å². The number of thiocarbonyl (C=S) groups is 1. The van der Waals surface area contributed by atoms with E-state index in [0.717, 1.165) is 0 Å². The molecule has 0 saturated carbocycles. The number of carbonyl (C=O) groups is 4. The van der Waals surface area contributed by atoms with Gasteiger partial charge in [-0.15, -0.1) is 0 Å². The predicted octanol–water partition coefficient (Wildman–Crippen LogP) is 1.77. The molecule has 0 fully saturated rings. The standard InChI is InChI=1S/C20H20N4O5S/c1-3-16(25)21-15-9-7-12(8-10-15)18(27)23-24-20(30)22-17(26)13-5-4-6-14(11-13)19(28)29-2/h4-11H,3H2,1-2H3,(H,21,25)(H,23,27)(H2,22,24,26,30). The zero-order valence-corrected chi connectivity index (χ0v) is 17.1. The largest absolute Gasteiger partial charge is 0.465 e. The molecule has 0 atom stereocenters. The highest BCUT2D eigenvalue weighted by Gasteiger charge is 2.12. The number of anilines is 1. The molecule has 0 aliphatic rings. The van der Waals surface area contributed by atoms with Gasteiger partial charge in [0.05, 0.1) is 12.7 Å². The molecule has 0 aliphatic carbocycles. The second kappa shape index (κ2) is 10.7. The molecule has 0 spiro atoms. The smallest absolute Gasteiger partial charge is 0.337 e. The summed E-state index contributed by atoms with van der Waals surface area (Å²) in [5, 5.41) is 4.93. The summed E-state index contributed by atoms with van der Waals surface area (Å²) in [4.78, 5) is 47.3. The van der Waals surface area contributed by atoms with Crippen LogP contribution in [0.2, 0.25) is 0 Å². The number of amides is 3. The van der Waals surface area contributed by atoms with Crippen molar-refractivity contribution in [1.82, 2.24) is 16.2 Å². The molecule has 0 aliphatic heterocycles. The van der Waals surface area contributed by atoms with Gasteiger partial charge in [-0.1, -0.05) is 13.0 Å². The predicted molar refractivity (Wildman–Crippen MR) is 114 cm³/mol. The van der Waals surface area contributed by atoms with E-state index in [2.05, 4.69) is 26.2 Å². The summed E-state index contributed by atoms with van der Waals surface area (Å²) >= 11 is 4.99. The van der Waals surface area contributed by atoms with Crippen LogP contribution in [0.5, 0.6) is 0 Å². The lowest BCUT2D eigenvalue weighted by Crippen LogP contribution is -2.48. The van der Waals surface area contributed by atoms with Crippen LogP contribution >= 0.6 is 12.2 Å². The fraction of sp³-hybridized carbons (Fsp3) is 0.150. The number of esters is 1. The molecule has 10 heteroatoms. The van der Waals surface area contributed by atoms with Crippen molar-refractivity contribution in [2.45, 2.75) is 13.3 Å². The molecule has 0 radical (unpaired) electrons. The van der Waals surface area contributed by atoms with E-state index in [1.807, 2.05) is 0 Å². The zero-order valence-electron chi connectivity index (χ0n) is 16.3. The van der Waals surface area contributed by atoms with E-state index in [1.54, 1.807) is 19.1 Å².